The summed E-state index contributed by atoms with van der Waals surface area (Å²) < 4.78 is 4.92. The highest BCUT2D eigenvalue weighted by molar-refractivity contribution is 5.60. The Morgan fingerprint density at radius 3 is 2.85 bits per heavy atom. The molecule has 0 aromatic heterocycles. The number of methoxy groups -OCH3 is 1. The van der Waals surface area contributed by atoms with E-state index in [1.54, 1.807) is 12.1 Å². The van der Waals surface area contributed by atoms with Gasteiger partial charge in [-0.15, -0.1) is 0 Å². The summed E-state index contributed by atoms with van der Waals surface area (Å²) in [5.74, 6) is 0.447. The fourth-order valence-corrected chi connectivity index (χ4v) is 0.896. The Hall–Kier alpha value is -2.11. The molecular formula is C9H6N2O2. The number of benzene rings is 1. The SMILES string of the molecule is COc1ccc(C#N)cc1N=C=O. The average molecular weight is 174 g/mol. The first-order valence-corrected chi connectivity index (χ1v) is 3.48. The minimum atomic E-state index is 0.316. The molecule has 0 saturated carbocycles. The summed E-state index contributed by atoms with van der Waals surface area (Å²) >= 11 is 0. The molecule has 0 spiro atoms. The van der Waals surface area contributed by atoms with Crippen molar-refractivity contribution in [3.05, 3.63) is 23.8 Å². The Kier molecular flexibility index (Phi) is 2.80. The molecule has 0 aliphatic rings. The summed E-state index contributed by atoms with van der Waals surface area (Å²) in [5.41, 5.74) is 0.742. The van der Waals surface area contributed by atoms with E-state index in [2.05, 4.69) is 4.99 Å². The molecule has 0 atom stereocenters. The van der Waals surface area contributed by atoms with Gasteiger partial charge < -0.3 is 4.74 Å². The molecule has 13 heavy (non-hydrogen) atoms. The molecule has 0 heterocycles. The van der Waals surface area contributed by atoms with E-state index in [-0.39, 0.29) is 0 Å². The van der Waals surface area contributed by atoms with Gasteiger partial charge in [0.15, 0.2) is 0 Å². The Labute approximate surface area is 75.1 Å². The van der Waals surface area contributed by atoms with Gasteiger partial charge in [0.2, 0.25) is 6.08 Å². The van der Waals surface area contributed by atoms with Crippen LogP contribution in [-0.2, 0) is 4.79 Å². The third kappa shape index (κ3) is 1.92. The van der Waals surface area contributed by atoms with Gasteiger partial charge in [0.05, 0.1) is 18.7 Å². The summed E-state index contributed by atoms with van der Waals surface area (Å²) in [6, 6.07) is 6.56. The van der Waals surface area contributed by atoms with Crippen LogP contribution in [0.25, 0.3) is 0 Å². The van der Waals surface area contributed by atoms with Crippen LogP contribution >= 0.6 is 0 Å². The fraction of sp³-hybridized carbons (Fsp3) is 0.111. The first kappa shape index (κ1) is 8.98. The third-order valence-corrected chi connectivity index (χ3v) is 1.47. The first-order chi connectivity index (χ1) is 6.31. The molecule has 64 valence electrons. The highest BCUT2D eigenvalue weighted by Crippen LogP contribution is 2.27. The molecule has 0 aliphatic heterocycles. The van der Waals surface area contributed by atoms with Crippen LogP contribution in [0.1, 0.15) is 5.56 Å². The summed E-state index contributed by atoms with van der Waals surface area (Å²) in [5, 5.41) is 8.56. The van der Waals surface area contributed by atoms with Crippen molar-refractivity contribution >= 4 is 11.8 Å². The number of hydrogen-bond acceptors (Lipinski definition) is 4. The van der Waals surface area contributed by atoms with Gasteiger partial charge in [-0.2, -0.15) is 10.3 Å². The Morgan fingerprint density at radius 1 is 1.54 bits per heavy atom. The van der Waals surface area contributed by atoms with Gasteiger partial charge in [-0.1, -0.05) is 0 Å². The van der Waals surface area contributed by atoms with Crippen molar-refractivity contribution in [1.29, 1.82) is 5.26 Å². The predicted octanol–water partition coefficient (Wildman–Crippen LogP) is 1.53. The number of hydrogen-bond donors (Lipinski definition) is 0. The second-order valence-corrected chi connectivity index (χ2v) is 2.20. The molecule has 1 aromatic rings. The van der Waals surface area contributed by atoms with E-state index < -0.39 is 0 Å². The standard InChI is InChI=1S/C9H6N2O2/c1-13-9-3-2-7(5-10)4-8(9)11-6-12/h2-4H,1H3. The lowest BCUT2D eigenvalue weighted by atomic mass is 10.2. The number of ether oxygens (including phenoxy) is 1. The molecule has 0 radical (unpaired) electrons. The maximum absolute atomic E-state index is 10.0. The zero-order chi connectivity index (χ0) is 9.68. The van der Waals surface area contributed by atoms with Crippen LogP contribution in [0.4, 0.5) is 5.69 Å². The second-order valence-electron chi connectivity index (χ2n) is 2.20. The van der Waals surface area contributed by atoms with Gasteiger partial charge >= 0.3 is 0 Å². The van der Waals surface area contributed by atoms with Gasteiger partial charge in [-0.05, 0) is 18.2 Å². The largest absolute Gasteiger partial charge is 0.494 e. The lowest BCUT2D eigenvalue weighted by Gasteiger charge is -2.01. The van der Waals surface area contributed by atoms with E-state index in [1.165, 1.54) is 19.3 Å². The maximum atomic E-state index is 10.0. The van der Waals surface area contributed by atoms with Gasteiger partial charge in [-0.3, -0.25) is 0 Å². The van der Waals surface area contributed by atoms with Crippen molar-refractivity contribution < 1.29 is 9.53 Å². The van der Waals surface area contributed by atoms with Gasteiger partial charge in [0.25, 0.3) is 0 Å². The van der Waals surface area contributed by atoms with Gasteiger partial charge in [0.1, 0.15) is 11.4 Å². The monoisotopic (exact) mass is 174 g/mol. The fourth-order valence-electron chi connectivity index (χ4n) is 0.896. The Bertz CT molecular complexity index is 401. The molecule has 0 bridgehead atoms. The molecule has 1 aromatic carbocycles. The number of nitrogens with zero attached hydrogens (tertiary/aromatic N) is 2. The van der Waals surface area contributed by atoms with Crippen molar-refractivity contribution in [1.82, 2.24) is 0 Å². The van der Waals surface area contributed by atoms with Crippen LogP contribution in [-0.4, -0.2) is 13.2 Å². The van der Waals surface area contributed by atoms with Crippen molar-refractivity contribution in [3.8, 4) is 11.8 Å². The molecule has 0 saturated heterocycles. The van der Waals surface area contributed by atoms with E-state index in [1.807, 2.05) is 6.07 Å². The van der Waals surface area contributed by atoms with E-state index in [9.17, 15) is 4.79 Å². The van der Waals surface area contributed by atoms with Crippen LogP contribution in [0.3, 0.4) is 0 Å². The molecule has 0 amide bonds. The average Bonchev–Trinajstić information content (AvgIpc) is 2.18. The van der Waals surface area contributed by atoms with Gasteiger partial charge in [-0.25, -0.2) is 4.79 Å². The van der Waals surface area contributed by atoms with E-state index in [4.69, 9.17) is 10.00 Å². The van der Waals surface area contributed by atoms with Crippen molar-refractivity contribution in [2.75, 3.05) is 7.11 Å². The van der Waals surface area contributed by atoms with Crippen molar-refractivity contribution in [2.24, 2.45) is 4.99 Å². The highest BCUT2D eigenvalue weighted by Gasteiger charge is 2.02. The molecular weight excluding hydrogens is 168 g/mol. The molecule has 0 N–H and O–H groups in total. The number of aliphatic imine (C=N–C) groups is 1. The normalized spacial score (nSPS) is 8.31. The molecule has 1 rings (SSSR count). The van der Waals surface area contributed by atoms with E-state index >= 15 is 0 Å². The summed E-state index contributed by atoms with van der Waals surface area (Å²) in [4.78, 5) is 13.4. The molecule has 0 fully saturated rings. The number of carbonyl (C=O) groups excluding carboxylic acids is 1. The summed E-state index contributed by atoms with van der Waals surface area (Å²) in [7, 11) is 1.46. The summed E-state index contributed by atoms with van der Waals surface area (Å²) in [6.07, 6.45) is 1.40. The highest BCUT2D eigenvalue weighted by atomic mass is 16.5. The molecule has 0 aliphatic carbocycles. The number of rotatable bonds is 2. The van der Waals surface area contributed by atoms with E-state index in [0.717, 1.165) is 0 Å². The third-order valence-electron chi connectivity index (χ3n) is 1.47. The Morgan fingerprint density at radius 2 is 2.31 bits per heavy atom. The topological polar surface area (TPSA) is 62.4 Å². The lowest BCUT2D eigenvalue weighted by molar-refractivity contribution is 0.416. The van der Waals surface area contributed by atoms with E-state index in [0.29, 0.717) is 17.0 Å². The first-order valence-electron chi connectivity index (χ1n) is 3.48. The Balaban J connectivity index is 3.27. The zero-order valence-electron chi connectivity index (χ0n) is 6.94. The molecule has 0 unspecified atom stereocenters. The molecule has 4 heteroatoms. The van der Waals surface area contributed by atoms with Crippen LogP contribution in [0.2, 0.25) is 0 Å². The predicted molar refractivity (Wildman–Crippen MR) is 45.5 cm³/mol. The summed E-state index contributed by atoms with van der Waals surface area (Å²) in [6.45, 7) is 0. The minimum Gasteiger partial charge on any atom is -0.494 e. The van der Waals surface area contributed by atoms with Crippen molar-refractivity contribution in [3.63, 3.8) is 0 Å². The minimum absolute atomic E-state index is 0.316. The quantitative estimate of drug-likeness (QED) is 0.504. The second kappa shape index (κ2) is 4.05. The number of isocyanates is 1. The van der Waals surface area contributed by atoms with Crippen LogP contribution < -0.4 is 4.74 Å². The van der Waals surface area contributed by atoms with Gasteiger partial charge in [0, 0.05) is 0 Å². The number of nitriles is 1. The van der Waals surface area contributed by atoms with Crippen molar-refractivity contribution in [2.45, 2.75) is 0 Å². The maximum Gasteiger partial charge on any atom is 0.240 e. The van der Waals surface area contributed by atoms with Crippen LogP contribution in [0.15, 0.2) is 23.2 Å². The zero-order valence-corrected chi connectivity index (χ0v) is 6.94. The lowest BCUT2D eigenvalue weighted by Crippen LogP contribution is -1.84. The van der Waals surface area contributed by atoms with Crippen LogP contribution in [0.5, 0.6) is 5.75 Å². The molecule has 4 nitrogen and oxygen atoms in total. The van der Waals surface area contributed by atoms with Crippen LogP contribution in [0, 0.1) is 11.3 Å². The smallest absolute Gasteiger partial charge is 0.240 e.